The normalized spacial score (nSPS) is 23.3. The van der Waals surface area contributed by atoms with E-state index >= 15 is 0 Å². The lowest BCUT2D eigenvalue weighted by atomic mass is 9.94. The molecular weight excluding hydrogens is 250 g/mol. The molecule has 4 heteroatoms. The molecule has 104 valence electrons. The molecule has 4 nitrogen and oxygen atoms in total. The van der Waals surface area contributed by atoms with Crippen LogP contribution in [0.25, 0.3) is 0 Å². The van der Waals surface area contributed by atoms with Crippen LogP contribution < -0.4 is 5.73 Å². The molecule has 20 heavy (non-hydrogen) atoms. The summed E-state index contributed by atoms with van der Waals surface area (Å²) >= 11 is 0. The molecule has 2 fully saturated rings. The van der Waals surface area contributed by atoms with Gasteiger partial charge < -0.3 is 10.3 Å². The SMILES string of the molecule is CC(N)(c1nc(C2(c3ccccc3)CC2)no1)C1CC1. The molecule has 0 aliphatic heterocycles. The molecule has 1 atom stereocenters. The smallest absolute Gasteiger partial charge is 0.246 e. The van der Waals surface area contributed by atoms with Crippen LogP contribution in [-0.4, -0.2) is 10.1 Å². The minimum Gasteiger partial charge on any atom is -0.337 e. The van der Waals surface area contributed by atoms with Gasteiger partial charge in [-0.25, -0.2) is 0 Å². The molecule has 4 rings (SSSR count). The van der Waals surface area contributed by atoms with Crippen molar-refractivity contribution in [3.8, 4) is 0 Å². The van der Waals surface area contributed by atoms with E-state index in [9.17, 15) is 0 Å². The number of hydrogen-bond donors (Lipinski definition) is 1. The minimum atomic E-state index is -0.474. The summed E-state index contributed by atoms with van der Waals surface area (Å²) in [4.78, 5) is 4.65. The van der Waals surface area contributed by atoms with Crippen LogP contribution in [0.2, 0.25) is 0 Å². The molecule has 2 N–H and O–H groups in total. The zero-order chi connectivity index (χ0) is 13.8. The van der Waals surface area contributed by atoms with E-state index in [4.69, 9.17) is 10.3 Å². The van der Waals surface area contributed by atoms with Crippen molar-refractivity contribution in [2.24, 2.45) is 11.7 Å². The molecule has 2 saturated carbocycles. The fraction of sp³-hybridized carbons (Fsp3) is 0.500. The Hall–Kier alpha value is -1.68. The van der Waals surface area contributed by atoms with Crippen molar-refractivity contribution in [2.75, 3.05) is 0 Å². The Morgan fingerprint density at radius 1 is 1.25 bits per heavy atom. The Bertz CT molecular complexity index is 624. The first-order valence-electron chi connectivity index (χ1n) is 7.32. The van der Waals surface area contributed by atoms with Crippen LogP contribution in [-0.2, 0) is 11.0 Å². The molecular formula is C16H19N3O. The van der Waals surface area contributed by atoms with Gasteiger partial charge in [0.25, 0.3) is 0 Å². The van der Waals surface area contributed by atoms with Crippen LogP contribution in [0.15, 0.2) is 34.9 Å². The molecule has 0 saturated heterocycles. The maximum Gasteiger partial charge on any atom is 0.246 e. The molecule has 2 aliphatic rings. The van der Waals surface area contributed by atoms with Crippen LogP contribution >= 0.6 is 0 Å². The van der Waals surface area contributed by atoms with E-state index in [0.29, 0.717) is 11.8 Å². The quantitative estimate of drug-likeness (QED) is 0.926. The van der Waals surface area contributed by atoms with E-state index in [1.165, 1.54) is 5.56 Å². The maximum atomic E-state index is 6.36. The lowest BCUT2D eigenvalue weighted by Gasteiger charge is -2.18. The number of rotatable bonds is 4. The van der Waals surface area contributed by atoms with Crippen LogP contribution in [0.3, 0.4) is 0 Å². The van der Waals surface area contributed by atoms with Crippen molar-refractivity contribution >= 4 is 0 Å². The Morgan fingerprint density at radius 3 is 2.55 bits per heavy atom. The summed E-state index contributed by atoms with van der Waals surface area (Å²) in [5, 5.41) is 4.24. The van der Waals surface area contributed by atoms with Gasteiger partial charge in [-0.1, -0.05) is 35.5 Å². The van der Waals surface area contributed by atoms with Gasteiger partial charge in [0.1, 0.15) is 0 Å². The number of nitrogens with zero attached hydrogens (tertiary/aromatic N) is 2. The highest BCUT2D eigenvalue weighted by Crippen LogP contribution is 2.53. The summed E-state index contributed by atoms with van der Waals surface area (Å²) in [5.74, 6) is 1.89. The summed E-state index contributed by atoms with van der Waals surface area (Å²) < 4.78 is 5.49. The number of benzene rings is 1. The number of aromatic nitrogens is 2. The van der Waals surface area contributed by atoms with Gasteiger partial charge in [-0.15, -0.1) is 0 Å². The highest BCUT2D eigenvalue weighted by molar-refractivity contribution is 5.38. The third-order valence-electron chi connectivity index (χ3n) is 4.82. The fourth-order valence-corrected chi connectivity index (χ4v) is 3.02. The summed E-state index contributed by atoms with van der Waals surface area (Å²) in [6, 6.07) is 10.4. The first kappa shape index (κ1) is 12.1. The predicted octanol–water partition coefficient (Wildman–Crippen LogP) is 2.73. The average Bonchev–Trinajstić information content (AvgIpc) is 3.38. The van der Waals surface area contributed by atoms with E-state index in [1.807, 2.05) is 13.0 Å². The van der Waals surface area contributed by atoms with E-state index in [-0.39, 0.29) is 5.41 Å². The number of hydrogen-bond acceptors (Lipinski definition) is 4. The maximum absolute atomic E-state index is 6.36. The molecule has 1 aromatic carbocycles. The Morgan fingerprint density at radius 2 is 1.95 bits per heavy atom. The monoisotopic (exact) mass is 269 g/mol. The summed E-state index contributed by atoms with van der Waals surface area (Å²) in [6.07, 6.45) is 4.49. The second kappa shape index (κ2) is 3.92. The van der Waals surface area contributed by atoms with E-state index in [0.717, 1.165) is 31.5 Å². The first-order valence-corrected chi connectivity index (χ1v) is 7.32. The molecule has 0 spiro atoms. The predicted molar refractivity (Wildman–Crippen MR) is 75.0 cm³/mol. The summed E-state index contributed by atoms with van der Waals surface area (Å²) in [7, 11) is 0. The fourth-order valence-electron chi connectivity index (χ4n) is 3.02. The van der Waals surface area contributed by atoms with Gasteiger partial charge >= 0.3 is 0 Å². The van der Waals surface area contributed by atoms with Gasteiger partial charge in [0.2, 0.25) is 5.89 Å². The van der Waals surface area contributed by atoms with Gasteiger partial charge in [0.05, 0.1) is 11.0 Å². The van der Waals surface area contributed by atoms with Gasteiger partial charge in [0.15, 0.2) is 5.82 Å². The van der Waals surface area contributed by atoms with E-state index in [1.54, 1.807) is 0 Å². The van der Waals surface area contributed by atoms with Crippen molar-refractivity contribution in [2.45, 2.75) is 43.6 Å². The Balaban J connectivity index is 1.69. The lowest BCUT2D eigenvalue weighted by Crippen LogP contribution is -2.35. The standard InChI is InChI=1S/C16H19N3O/c1-15(17,11-7-8-11)14-18-13(19-20-14)16(9-10-16)12-5-3-2-4-6-12/h2-6,11H,7-10,17H2,1H3. The molecule has 2 aromatic rings. The Kier molecular flexibility index (Phi) is 2.37. The molecule has 1 unspecified atom stereocenters. The van der Waals surface area contributed by atoms with Crippen LogP contribution in [0.1, 0.15) is 49.9 Å². The van der Waals surface area contributed by atoms with Gasteiger partial charge in [-0.2, -0.15) is 4.98 Å². The lowest BCUT2D eigenvalue weighted by molar-refractivity contribution is 0.271. The van der Waals surface area contributed by atoms with Gasteiger partial charge in [-0.05, 0) is 44.1 Å². The van der Waals surface area contributed by atoms with Gasteiger partial charge in [-0.3, -0.25) is 0 Å². The summed E-state index contributed by atoms with van der Waals surface area (Å²) in [6.45, 7) is 2.00. The highest BCUT2D eigenvalue weighted by atomic mass is 16.5. The molecule has 0 amide bonds. The minimum absolute atomic E-state index is 0.0390. The van der Waals surface area contributed by atoms with Crippen LogP contribution in [0.5, 0.6) is 0 Å². The van der Waals surface area contributed by atoms with Crippen molar-refractivity contribution in [1.82, 2.24) is 10.1 Å². The third kappa shape index (κ3) is 1.71. The van der Waals surface area contributed by atoms with Crippen molar-refractivity contribution < 1.29 is 4.52 Å². The molecule has 0 radical (unpaired) electrons. The third-order valence-corrected chi connectivity index (χ3v) is 4.82. The van der Waals surface area contributed by atoms with E-state index in [2.05, 4.69) is 34.4 Å². The van der Waals surface area contributed by atoms with Crippen molar-refractivity contribution in [1.29, 1.82) is 0 Å². The second-order valence-corrected chi connectivity index (χ2v) is 6.43. The Labute approximate surface area is 118 Å². The van der Waals surface area contributed by atoms with Crippen molar-refractivity contribution in [3.05, 3.63) is 47.6 Å². The topological polar surface area (TPSA) is 64.9 Å². The van der Waals surface area contributed by atoms with E-state index < -0.39 is 5.54 Å². The second-order valence-electron chi connectivity index (χ2n) is 6.43. The van der Waals surface area contributed by atoms with Crippen molar-refractivity contribution in [3.63, 3.8) is 0 Å². The summed E-state index contributed by atoms with van der Waals surface area (Å²) in [5.41, 5.74) is 7.13. The van der Waals surface area contributed by atoms with Gasteiger partial charge in [0, 0.05) is 0 Å². The molecule has 1 heterocycles. The largest absolute Gasteiger partial charge is 0.337 e. The zero-order valence-electron chi connectivity index (χ0n) is 11.7. The zero-order valence-corrected chi connectivity index (χ0v) is 11.7. The molecule has 2 aliphatic carbocycles. The van der Waals surface area contributed by atoms with Crippen LogP contribution in [0.4, 0.5) is 0 Å². The average molecular weight is 269 g/mol. The molecule has 0 bridgehead atoms. The van der Waals surface area contributed by atoms with Crippen LogP contribution in [0, 0.1) is 5.92 Å². The number of nitrogens with two attached hydrogens (primary N) is 1. The molecule has 1 aromatic heterocycles. The first-order chi connectivity index (χ1) is 9.63. The highest BCUT2D eigenvalue weighted by Gasteiger charge is 2.51.